The van der Waals surface area contributed by atoms with Crippen LogP contribution in [-0.2, 0) is 11.3 Å². The fourth-order valence-electron chi connectivity index (χ4n) is 1.99. The molecule has 0 unspecified atom stereocenters. The number of benzene rings is 1. The molecule has 0 bridgehead atoms. The molecule has 7 nitrogen and oxygen atoms in total. The largest absolute Gasteiger partial charge is 0.484 e. The average molecular weight is 342 g/mol. The number of nitrogens with one attached hydrogen (secondary N) is 2. The van der Waals surface area contributed by atoms with Crippen LogP contribution in [0.25, 0.3) is 0 Å². The van der Waals surface area contributed by atoms with Crippen molar-refractivity contribution in [2.24, 2.45) is 0 Å². The zero-order chi connectivity index (χ0) is 18.2. The second-order valence-corrected chi connectivity index (χ2v) is 5.59. The molecule has 25 heavy (non-hydrogen) atoms. The van der Waals surface area contributed by atoms with Gasteiger partial charge in [-0.05, 0) is 29.8 Å². The number of hydrogen-bond acceptors (Lipinski definition) is 5. The summed E-state index contributed by atoms with van der Waals surface area (Å²) >= 11 is 0. The summed E-state index contributed by atoms with van der Waals surface area (Å²) in [7, 11) is 5.34. The molecule has 1 aromatic carbocycles. The zero-order valence-electron chi connectivity index (χ0n) is 14.6. The standard InChI is InChI=1S/C18H22N4O3/c1-19-17(23)12-25-15-7-4-13(5-8-15)10-21-18(24)14-6-9-16(20-11-14)22(2)3/h4-9,11H,10,12H2,1-3H3,(H,19,23)(H,21,24). The van der Waals surface area contributed by atoms with Crippen LogP contribution in [0.4, 0.5) is 5.82 Å². The fourth-order valence-corrected chi connectivity index (χ4v) is 1.99. The van der Waals surface area contributed by atoms with Crippen LogP contribution in [0.5, 0.6) is 5.75 Å². The number of anilines is 1. The number of amides is 2. The van der Waals surface area contributed by atoms with Crippen molar-refractivity contribution in [2.75, 3.05) is 32.6 Å². The van der Waals surface area contributed by atoms with E-state index in [2.05, 4.69) is 15.6 Å². The lowest BCUT2D eigenvalue weighted by Crippen LogP contribution is -2.25. The molecule has 132 valence electrons. The lowest BCUT2D eigenvalue weighted by atomic mass is 10.2. The molecule has 2 aromatic rings. The van der Waals surface area contributed by atoms with E-state index in [1.54, 1.807) is 37.5 Å². The van der Waals surface area contributed by atoms with E-state index in [0.29, 0.717) is 17.9 Å². The van der Waals surface area contributed by atoms with Crippen molar-refractivity contribution in [3.63, 3.8) is 0 Å². The van der Waals surface area contributed by atoms with Gasteiger partial charge in [0.05, 0.1) is 5.56 Å². The Morgan fingerprint density at radius 2 is 1.84 bits per heavy atom. The second kappa shape index (κ2) is 8.68. The summed E-state index contributed by atoms with van der Waals surface area (Å²) < 4.78 is 5.33. The van der Waals surface area contributed by atoms with Crippen molar-refractivity contribution in [3.8, 4) is 5.75 Å². The minimum Gasteiger partial charge on any atom is -0.484 e. The molecule has 0 aliphatic rings. The quantitative estimate of drug-likeness (QED) is 0.790. The highest BCUT2D eigenvalue weighted by Gasteiger charge is 2.07. The van der Waals surface area contributed by atoms with Crippen LogP contribution in [0.3, 0.4) is 0 Å². The minimum atomic E-state index is -0.190. The van der Waals surface area contributed by atoms with Gasteiger partial charge in [0.2, 0.25) is 0 Å². The maximum atomic E-state index is 12.1. The summed E-state index contributed by atoms with van der Waals surface area (Å²) in [6.07, 6.45) is 1.56. The van der Waals surface area contributed by atoms with Gasteiger partial charge in [0, 0.05) is 33.9 Å². The molecule has 0 radical (unpaired) electrons. The third kappa shape index (κ3) is 5.49. The van der Waals surface area contributed by atoms with Crippen LogP contribution in [0.15, 0.2) is 42.6 Å². The molecule has 0 spiro atoms. The zero-order valence-corrected chi connectivity index (χ0v) is 14.6. The first kappa shape index (κ1) is 18.3. The lowest BCUT2D eigenvalue weighted by molar-refractivity contribution is -0.122. The molecule has 2 amide bonds. The first-order valence-electron chi connectivity index (χ1n) is 7.83. The number of hydrogen-bond donors (Lipinski definition) is 2. The number of pyridine rings is 1. The molecule has 1 heterocycles. The Morgan fingerprint density at radius 1 is 1.12 bits per heavy atom. The molecule has 0 saturated carbocycles. The molecule has 2 N–H and O–H groups in total. The van der Waals surface area contributed by atoms with E-state index in [4.69, 9.17) is 4.74 Å². The summed E-state index contributed by atoms with van der Waals surface area (Å²) in [5, 5.41) is 5.33. The lowest BCUT2D eigenvalue weighted by Gasteiger charge is -2.11. The number of carbonyl (C=O) groups excluding carboxylic acids is 2. The topological polar surface area (TPSA) is 83.6 Å². The minimum absolute atomic E-state index is 0.0253. The van der Waals surface area contributed by atoms with Crippen LogP contribution >= 0.6 is 0 Å². The summed E-state index contributed by atoms with van der Waals surface area (Å²) in [6, 6.07) is 10.7. The Morgan fingerprint density at radius 3 is 2.40 bits per heavy atom. The maximum absolute atomic E-state index is 12.1. The van der Waals surface area contributed by atoms with E-state index in [-0.39, 0.29) is 18.4 Å². The number of nitrogens with zero attached hydrogens (tertiary/aromatic N) is 2. The third-order valence-electron chi connectivity index (χ3n) is 3.49. The fraction of sp³-hybridized carbons (Fsp3) is 0.278. The molecular formula is C18H22N4O3. The summed E-state index contributed by atoms with van der Waals surface area (Å²) in [5.74, 6) is 1.02. The highest BCUT2D eigenvalue weighted by molar-refractivity contribution is 5.94. The summed E-state index contributed by atoms with van der Waals surface area (Å²) in [5.41, 5.74) is 1.44. The first-order valence-corrected chi connectivity index (χ1v) is 7.83. The molecule has 0 atom stereocenters. The van der Waals surface area contributed by atoms with Gasteiger partial charge in [-0.1, -0.05) is 12.1 Å². The van der Waals surface area contributed by atoms with E-state index in [9.17, 15) is 9.59 Å². The molecule has 0 aliphatic heterocycles. The average Bonchev–Trinajstić information content (AvgIpc) is 2.65. The molecule has 1 aromatic heterocycles. The second-order valence-electron chi connectivity index (χ2n) is 5.59. The summed E-state index contributed by atoms with van der Waals surface area (Å²) in [4.78, 5) is 29.4. The van der Waals surface area contributed by atoms with E-state index >= 15 is 0 Å². The summed E-state index contributed by atoms with van der Waals surface area (Å²) in [6.45, 7) is 0.368. The van der Waals surface area contributed by atoms with Gasteiger partial charge in [0.1, 0.15) is 11.6 Å². The third-order valence-corrected chi connectivity index (χ3v) is 3.49. The molecule has 0 aliphatic carbocycles. The van der Waals surface area contributed by atoms with Gasteiger partial charge in [-0.3, -0.25) is 9.59 Å². The van der Waals surface area contributed by atoms with E-state index in [0.717, 1.165) is 11.4 Å². The first-order chi connectivity index (χ1) is 12.0. The smallest absolute Gasteiger partial charge is 0.257 e. The molecule has 7 heteroatoms. The number of likely N-dealkylation sites (N-methyl/N-ethyl adjacent to an activating group) is 1. The van der Waals surface area contributed by atoms with Crippen molar-refractivity contribution >= 4 is 17.6 Å². The van der Waals surface area contributed by atoms with Gasteiger partial charge in [0.25, 0.3) is 11.8 Å². The molecule has 0 fully saturated rings. The monoisotopic (exact) mass is 342 g/mol. The molecule has 2 rings (SSSR count). The number of ether oxygens (including phenoxy) is 1. The highest BCUT2D eigenvalue weighted by atomic mass is 16.5. The van der Waals surface area contributed by atoms with E-state index in [1.807, 2.05) is 31.1 Å². The Bertz CT molecular complexity index is 712. The van der Waals surface area contributed by atoms with Crippen LogP contribution in [-0.4, -0.2) is 44.5 Å². The Labute approximate surface area is 147 Å². The Hall–Kier alpha value is -3.09. The van der Waals surface area contributed by atoms with Crippen molar-refractivity contribution in [1.29, 1.82) is 0 Å². The van der Waals surface area contributed by atoms with Crippen LogP contribution in [0.2, 0.25) is 0 Å². The van der Waals surface area contributed by atoms with Crippen molar-refractivity contribution in [3.05, 3.63) is 53.7 Å². The highest BCUT2D eigenvalue weighted by Crippen LogP contribution is 2.12. The van der Waals surface area contributed by atoms with Gasteiger partial charge < -0.3 is 20.3 Å². The maximum Gasteiger partial charge on any atom is 0.257 e. The van der Waals surface area contributed by atoms with Crippen molar-refractivity contribution < 1.29 is 14.3 Å². The van der Waals surface area contributed by atoms with Gasteiger partial charge in [-0.2, -0.15) is 0 Å². The van der Waals surface area contributed by atoms with Crippen LogP contribution in [0, 0.1) is 0 Å². The van der Waals surface area contributed by atoms with Crippen LogP contribution in [0.1, 0.15) is 15.9 Å². The number of carbonyl (C=O) groups is 2. The van der Waals surface area contributed by atoms with Crippen LogP contribution < -0.4 is 20.3 Å². The van der Waals surface area contributed by atoms with Crippen molar-refractivity contribution in [2.45, 2.75) is 6.54 Å². The normalized spacial score (nSPS) is 10.0. The Kier molecular flexibility index (Phi) is 6.33. The van der Waals surface area contributed by atoms with Gasteiger partial charge in [-0.15, -0.1) is 0 Å². The van der Waals surface area contributed by atoms with Gasteiger partial charge in [0.15, 0.2) is 6.61 Å². The van der Waals surface area contributed by atoms with Crippen molar-refractivity contribution in [1.82, 2.24) is 15.6 Å². The Balaban J connectivity index is 1.86. The number of rotatable bonds is 7. The number of aromatic nitrogens is 1. The predicted octanol–water partition coefficient (Wildman–Crippen LogP) is 1.20. The molecule has 0 saturated heterocycles. The van der Waals surface area contributed by atoms with Gasteiger partial charge >= 0.3 is 0 Å². The van der Waals surface area contributed by atoms with E-state index < -0.39 is 0 Å². The van der Waals surface area contributed by atoms with Gasteiger partial charge in [-0.25, -0.2) is 4.98 Å². The predicted molar refractivity (Wildman–Crippen MR) is 95.7 cm³/mol. The SMILES string of the molecule is CNC(=O)COc1ccc(CNC(=O)c2ccc(N(C)C)nc2)cc1. The van der Waals surface area contributed by atoms with E-state index in [1.165, 1.54) is 0 Å². The molecular weight excluding hydrogens is 320 g/mol.